The first-order valence-electron chi connectivity index (χ1n) is 8.95. The fraction of sp³-hybridized carbons (Fsp3) is 0.250. The molecule has 0 unspecified atom stereocenters. The number of hydrogen-bond donors (Lipinski definition) is 0. The third-order valence-corrected chi connectivity index (χ3v) is 5.15. The molecule has 0 heteroatoms. The lowest BCUT2D eigenvalue weighted by Gasteiger charge is -2.22. The predicted molar refractivity (Wildman–Crippen MR) is 107 cm³/mol. The van der Waals surface area contributed by atoms with Crippen LogP contribution in [0.15, 0.2) is 60.7 Å². The van der Waals surface area contributed by atoms with Crippen molar-refractivity contribution in [3.05, 3.63) is 71.8 Å². The van der Waals surface area contributed by atoms with Gasteiger partial charge in [-0.3, -0.25) is 0 Å². The van der Waals surface area contributed by atoms with Crippen LogP contribution in [-0.4, -0.2) is 0 Å². The molecule has 0 bridgehead atoms. The third-order valence-electron chi connectivity index (χ3n) is 5.15. The van der Waals surface area contributed by atoms with Crippen LogP contribution in [0.5, 0.6) is 0 Å². The second-order valence-electron chi connectivity index (χ2n) is 7.39. The summed E-state index contributed by atoms with van der Waals surface area (Å²) < 4.78 is 0. The van der Waals surface area contributed by atoms with Gasteiger partial charge in [-0.25, -0.2) is 0 Å². The molecule has 0 atom stereocenters. The maximum Gasteiger partial charge on any atom is -0.00614 e. The molecule has 0 aliphatic heterocycles. The van der Waals surface area contributed by atoms with Gasteiger partial charge in [-0.1, -0.05) is 88.4 Å². The number of hydrogen-bond acceptors (Lipinski definition) is 0. The highest BCUT2D eigenvalue weighted by Crippen LogP contribution is 2.42. The molecule has 120 valence electrons. The fourth-order valence-corrected chi connectivity index (χ4v) is 4.24. The van der Waals surface area contributed by atoms with Crippen molar-refractivity contribution in [1.82, 2.24) is 0 Å². The van der Waals surface area contributed by atoms with E-state index >= 15 is 0 Å². The van der Waals surface area contributed by atoms with Crippen molar-refractivity contribution >= 4 is 32.3 Å². The van der Waals surface area contributed by atoms with E-state index in [0.29, 0.717) is 11.8 Å². The van der Waals surface area contributed by atoms with E-state index in [1.54, 1.807) is 0 Å². The van der Waals surface area contributed by atoms with E-state index in [-0.39, 0.29) is 0 Å². The first-order valence-corrected chi connectivity index (χ1v) is 8.95. The zero-order valence-corrected chi connectivity index (χ0v) is 14.9. The molecule has 0 saturated carbocycles. The average molecular weight is 312 g/mol. The molecule has 4 rings (SSSR count). The van der Waals surface area contributed by atoms with Gasteiger partial charge in [0, 0.05) is 0 Å². The quantitative estimate of drug-likeness (QED) is 0.267. The largest absolute Gasteiger partial charge is 0.0616 e. The molecule has 4 aromatic rings. The first kappa shape index (κ1) is 15.2. The first-order chi connectivity index (χ1) is 11.6. The van der Waals surface area contributed by atoms with E-state index in [2.05, 4.69) is 88.4 Å². The zero-order valence-electron chi connectivity index (χ0n) is 14.9. The van der Waals surface area contributed by atoms with Gasteiger partial charge in [-0.2, -0.15) is 0 Å². The second kappa shape index (κ2) is 5.63. The smallest absolute Gasteiger partial charge is 0.00614 e. The summed E-state index contributed by atoms with van der Waals surface area (Å²) in [5.41, 5.74) is 2.97. The maximum atomic E-state index is 2.34. The van der Waals surface area contributed by atoms with Gasteiger partial charge < -0.3 is 0 Å². The minimum atomic E-state index is 0.490. The summed E-state index contributed by atoms with van der Waals surface area (Å²) in [5.74, 6) is 0.990. The Balaban J connectivity index is 2.38. The van der Waals surface area contributed by atoms with Crippen molar-refractivity contribution in [3.8, 4) is 0 Å². The summed E-state index contributed by atoms with van der Waals surface area (Å²) in [7, 11) is 0. The third kappa shape index (κ3) is 2.13. The Labute approximate surface area is 144 Å². The average Bonchev–Trinajstić information content (AvgIpc) is 2.58. The molecule has 0 aliphatic carbocycles. The van der Waals surface area contributed by atoms with Gasteiger partial charge in [-0.15, -0.1) is 0 Å². The monoisotopic (exact) mass is 312 g/mol. The Morgan fingerprint density at radius 1 is 0.500 bits per heavy atom. The number of rotatable bonds is 2. The van der Waals surface area contributed by atoms with E-state index in [0.717, 1.165) is 0 Å². The lowest BCUT2D eigenvalue weighted by atomic mass is 9.82. The summed E-state index contributed by atoms with van der Waals surface area (Å²) in [6.07, 6.45) is 0. The van der Waals surface area contributed by atoms with E-state index in [1.807, 2.05) is 0 Å². The van der Waals surface area contributed by atoms with Crippen LogP contribution in [0, 0.1) is 0 Å². The van der Waals surface area contributed by atoms with E-state index < -0.39 is 0 Å². The summed E-state index contributed by atoms with van der Waals surface area (Å²) >= 11 is 0. The van der Waals surface area contributed by atoms with Crippen molar-refractivity contribution in [1.29, 1.82) is 0 Å². The van der Waals surface area contributed by atoms with Crippen LogP contribution in [0.3, 0.4) is 0 Å². The summed E-state index contributed by atoms with van der Waals surface area (Å²) in [6.45, 7) is 9.26. The van der Waals surface area contributed by atoms with Crippen LogP contribution in [0.2, 0.25) is 0 Å². The molecule has 0 radical (unpaired) electrons. The lowest BCUT2D eigenvalue weighted by molar-refractivity contribution is 0.873. The second-order valence-corrected chi connectivity index (χ2v) is 7.39. The van der Waals surface area contributed by atoms with Gasteiger partial charge >= 0.3 is 0 Å². The SMILES string of the molecule is CC(C)c1c2ccccc2c(C(C)C)c2c1ccc1ccccc12. The van der Waals surface area contributed by atoms with E-state index in [4.69, 9.17) is 0 Å². The van der Waals surface area contributed by atoms with Crippen LogP contribution in [0.25, 0.3) is 32.3 Å². The normalized spacial score (nSPS) is 12.1. The molecular formula is C24H24. The fourth-order valence-electron chi connectivity index (χ4n) is 4.24. The highest BCUT2D eigenvalue weighted by Gasteiger charge is 2.18. The van der Waals surface area contributed by atoms with Gasteiger partial charge in [-0.05, 0) is 55.3 Å². The zero-order chi connectivity index (χ0) is 16.8. The topological polar surface area (TPSA) is 0 Å². The van der Waals surface area contributed by atoms with Crippen molar-refractivity contribution < 1.29 is 0 Å². The summed E-state index contributed by atoms with van der Waals surface area (Å²) in [4.78, 5) is 0. The molecule has 0 aliphatic rings. The van der Waals surface area contributed by atoms with Gasteiger partial charge in [0.15, 0.2) is 0 Å². The van der Waals surface area contributed by atoms with Gasteiger partial charge in [0.25, 0.3) is 0 Å². The van der Waals surface area contributed by atoms with Crippen molar-refractivity contribution in [2.45, 2.75) is 39.5 Å². The Hall–Kier alpha value is -2.34. The minimum absolute atomic E-state index is 0.490. The van der Waals surface area contributed by atoms with E-state index in [1.165, 1.54) is 43.4 Å². The van der Waals surface area contributed by atoms with Crippen molar-refractivity contribution in [2.24, 2.45) is 0 Å². The van der Waals surface area contributed by atoms with Gasteiger partial charge in [0.05, 0.1) is 0 Å². The van der Waals surface area contributed by atoms with Crippen LogP contribution >= 0.6 is 0 Å². The van der Waals surface area contributed by atoms with Gasteiger partial charge in [0.2, 0.25) is 0 Å². The lowest BCUT2D eigenvalue weighted by Crippen LogP contribution is -1.99. The van der Waals surface area contributed by atoms with E-state index in [9.17, 15) is 0 Å². The molecule has 4 aromatic carbocycles. The minimum Gasteiger partial charge on any atom is -0.0616 e. The highest BCUT2D eigenvalue weighted by atomic mass is 14.2. The highest BCUT2D eigenvalue weighted by molar-refractivity contribution is 6.17. The standard InChI is InChI=1S/C24H24/c1-15(2)22-19-11-7-8-12-20(19)23(16(3)4)24-18-10-6-5-9-17(18)13-14-21(22)24/h5-16H,1-4H3. The van der Waals surface area contributed by atoms with Crippen LogP contribution < -0.4 is 0 Å². The Bertz CT molecular complexity index is 1050. The molecule has 0 saturated heterocycles. The number of fused-ring (bicyclic) bond motifs is 4. The van der Waals surface area contributed by atoms with Gasteiger partial charge in [0.1, 0.15) is 0 Å². The Morgan fingerprint density at radius 2 is 1.04 bits per heavy atom. The van der Waals surface area contributed by atoms with Crippen LogP contribution in [-0.2, 0) is 0 Å². The van der Waals surface area contributed by atoms with Crippen molar-refractivity contribution in [3.63, 3.8) is 0 Å². The maximum absolute atomic E-state index is 2.34. The summed E-state index contributed by atoms with van der Waals surface area (Å²) in [5, 5.41) is 8.42. The molecule has 0 fully saturated rings. The number of benzene rings is 4. The molecule has 0 N–H and O–H groups in total. The Morgan fingerprint density at radius 3 is 1.67 bits per heavy atom. The molecule has 0 aromatic heterocycles. The molecule has 0 nitrogen and oxygen atoms in total. The summed E-state index contributed by atoms with van der Waals surface area (Å²) in [6, 6.07) is 22.4. The molecule has 0 spiro atoms. The molecule has 24 heavy (non-hydrogen) atoms. The predicted octanol–water partition coefficient (Wildman–Crippen LogP) is 7.39. The molecule has 0 heterocycles. The molecular weight excluding hydrogens is 288 g/mol. The molecule has 0 amide bonds. The Kier molecular flexibility index (Phi) is 3.57. The van der Waals surface area contributed by atoms with Crippen LogP contribution in [0.4, 0.5) is 0 Å². The van der Waals surface area contributed by atoms with Crippen LogP contribution in [0.1, 0.15) is 50.7 Å². The van der Waals surface area contributed by atoms with Crippen molar-refractivity contribution in [2.75, 3.05) is 0 Å².